The SMILES string of the molecule is [CH2-]/C(C)=C\C(=O)N1C=Cc2ccccc2C1(C#N)CC.[Na+]. The molecular weight excluding hydrogens is 271 g/mol. The number of benzene rings is 1. The van der Waals surface area contributed by atoms with Gasteiger partial charge in [0.25, 0.3) is 0 Å². The van der Waals surface area contributed by atoms with Gasteiger partial charge in [-0.15, -0.1) is 6.08 Å². The topological polar surface area (TPSA) is 44.1 Å². The summed E-state index contributed by atoms with van der Waals surface area (Å²) in [5.74, 6) is -0.216. The average Bonchev–Trinajstić information content (AvgIpc) is 2.45. The maximum Gasteiger partial charge on any atom is 1.00 e. The van der Waals surface area contributed by atoms with Crippen LogP contribution in [-0.2, 0) is 10.3 Å². The molecule has 1 amide bonds. The zero-order valence-electron chi connectivity index (χ0n) is 12.8. The van der Waals surface area contributed by atoms with Crippen molar-refractivity contribution in [2.45, 2.75) is 25.8 Å². The van der Waals surface area contributed by atoms with Crippen LogP contribution in [0.25, 0.3) is 6.08 Å². The summed E-state index contributed by atoms with van der Waals surface area (Å²) in [6.45, 7) is 7.40. The van der Waals surface area contributed by atoms with Gasteiger partial charge in [-0.2, -0.15) is 5.26 Å². The first-order chi connectivity index (χ1) is 9.55. The van der Waals surface area contributed by atoms with Crippen molar-refractivity contribution in [1.29, 1.82) is 5.26 Å². The van der Waals surface area contributed by atoms with Crippen LogP contribution >= 0.6 is 0 Å². The normalized spacial score (nSPS) is 20.2. The minimum absolute atomic E-state index is 0. The smallest absolute Gasteiger partial charge is 0.307 e. The summed E-state index contributed by atoms with van der Waals surface area (Å²) in [5.41, 5.74) is 1.57. The third-order valence-electron chi connectivity index (χ3n) is 3.52. The number of fused-ring (bicyclic) bond motifs is 1. The van der Waals surface area contributed by atoms with Crippen molar-refractivity contribution in [3.8, 4) is 6.07 Å². The Balaban J connectivity index is 0.00000220. The molecule has 1 aromatic rings. The largest absolute Gasteiger partial charge is 1.00 e. The molecule has 1 heterocycles. The molecule has 0 aliphatic carbocycles. The summed E-state index contributed by atoms with van der Waals surface area (Å²) >= 11 is 0. The number of amides is 1. The molecule has 21 heavy (non-hydrogen) atoms. The van der Waals surface area contributed by atoms with E-state index in [4.69, 9.17) is 0 Å². The van der Waals surface area contributed by atoms with E-state index in [-0.39, 0.29) is 35.5 Å². The first-order valence-corrected chi connectivity index (χ1v) is 6.57. The second-order valence-electron chi connectivity index (χ2n) is 4.93. The molecule has 0 spiro atoms. The van der Waals surface area contributed by atoms with E-state index in [1.54, 1.807) is 13.1 Å². The van der Waals surface area contributed by atoms with E-state index in [0.29, 0.717) is 12.0 Å². The molecule has 0 saturated carbocycles. The van der Waals surface area contributed by atoms with Crippen molar-refractivity contribution in [3.05, 3.63) is 60.2 Å². The maximum absolute atomic E-state index is 12.4. The average molecular weight is 288 g/mol. The number of nitriles is 1. The molecule has 0 fully saturated rings. The first kappa shape index (κ1) is 17.6. The van der Waals surface area contributed by atoms with Crippen molar-refractivity contribution in [2.24, 2.45) is 0 Å². The minimum Gasteiger partial charge on any atom is -0.307 e. The molecule has 0 saturated heterocycles. The van der Waals surface area contributed by atoms with E-state index in [2.05, 4.69) is 13.0 Å². The van der Waals surface area contributed by atoms with E-state index in [0.717, 1.165) is 11.1 Å². The molecule has 1 aliphatic rings. The number of rotatable bonds is 2. The third kappa shape index (κ3) is 3.08. The van der Waals surface area contributed by atoms with Gasteiger partial charge in [0.1, 0.15) is 0 Å². The molecule has 0 aromatic heterocycles. The number of hydrogen-bond acceptors (Lipinski definition) is 2. The molecule has 0 radical (unpaired) electrons. The third-order valence-corrected chi connectivity index (χ3v) is 3.52. The second kappa shape index (κ2) is 7.00. The molecule has 2 rings (SSSR count). The summed E-state index contributed by atoms with van der Waals surface area (Å²) in [5, 5.41) is 9.73. The number of carbonyl (C=O) groups excluding carboxylic acids is 1. The number of hydrogen-bond donors (Lipinski definition) is 0. The van der Waals surface area contributed by atoms with Crippen LogP contribution in [0.15, 0.2) is 42.1 Å². The second-order valence-corrected chi connectivity index (χ2v) is 4.93. The van der Waals surface area contributed by atoms with Crippen LogP contribution in [0.3, 0.4) is 0 Å². The van der Waals surface area contributed by atoms with Crippen molar-refractivity contribution in [3.63, 3.8) is 0 Å². The van der Waals surface area contributed by atoms with Crippen molar-refractivity contribution < 1.29 is 34.4 Å². The molecule has 4 heteroatoms. The summed E-state index contributed by atoms with van der Waals surface area (Å²) in [4.78, 5) is 13.9. The van der Waals surface area contributed by atoms with Gasteiger partial charge in [0, 0.05) is 6.20 Å². The maximum atomic E-state index is 12.4. The van der Waals surface area contributed by atoms with Gasteiger partial charge >= 0.3 is 29.6 Å². The van der Waals surface area contributed by atoms with Crippen molar-refractivity contribution in [1.82, 2.24) is 4.90 Å². The molecule has 1 unspecified atom stereocenters. The van der Waals surface area contributed by atoms with E-state index in [1.807, 2.05) is 37.3 Å². The summed E-state index contributed by atoms with van der Waals surface area (Å²) in [6, 6.07) is 10.0. The Bertz CT molecular complexity index is 638. The van der Waals surface area contributed by atoms with Crippen molar-refractivity contribution >= 4 is 12.0 Å². The first-order valence-electron chi connectivity index (χ1n) is 6.57. The van der Waals surface area contributed by atoms with Crippen LogP contribution in [-0.4, -0.2) is 10.8 Å². The van der Waals surface area contributed by atoms with E-state index in [9.17, 15) is 10.1 Å². The predicted molar refractivity (Wildman–Crippen MR) is 79.0 cm³/mol. The Hall–Kier alpha value is -1.47. The predicted octanol–water partition coefficient (Wildman–Crippen LogP) is 0.413. The standard InChI is InChI=1S/C17H17N2O.Na/c1-4-17(12-18)15-8-6-5-7-14(15)9-10-19(17)16(20)11-13(2)3;/h5-11H,2,4H2,1,3H3;/q-1;+1/b13-11+;. The van der Waals surface area contributed by atoms with Gasteiger partial charge in [0.05, 0.1) is 6.07 Å². The van der Waals surface area contributed by atoms with Gasteiger partial charge < -0.3 is 4.90 Å². The molecule has 0 N–H and O–H groups in total. The molecule has 102 valence electrons. The molecule has 1 aliphatic heterocycles. The van der Waals surface area contributed by atoms with Gasteiger partial charge in [-0.05, 0) is 23.6 Å². The van der Waals surface area contributed by atoms with Gasteiger partial charge in [0.2, 0.25) is 0 Å². The summed E-state index contributed by atoms with van der Waals surface area (Å²) < 4.78 is 0. The molecule has 1 atom stereocenters. The molecular formula is C17H17N2NaO. The van der Waals surface area contributed by atoms with Gasteiger partial charge in [-0.25, -0.2) is 12.5 Å². The molecule has 0 bridgehead atoms. The van der Waals surface area contributed by atoms with Crippen LogP contribution in [0, 0.1) is 18.3 Å². The van der Waals surface area contributed by atoms with Crippen LogP contribution in [0.1, 0.15) is 31.4 Å². The Morgan fingerprint density at radius 1 is 1.48 bits per heavy atom. The van der Waals surface area contributed by atoms with Gasteiger partial charge in [0.15, 0.2) is 11.4 Å². The Labute approximate surface area is 148 Å². The fourth-order valence-corrected chi connectivity index (χ4v) is 2.53. The summed E-state index contributed by atoms with van der Waals surface area (Å²) in [6.07, 6.45) is 5.54. The summed E-state index contributed by atoms with van der Waals surface area (Å²) in [7, 11) is 0. The Kier molecular flexibility index (Phi) is 5.86. The van der Waals surface area contributed by atoms with Crippen LogP contribution in [0.4, 0.5) is 0 Å². The van der Waals surface area contributed by atoms with E-state index < -0.39 is 5.54 Å². The molecule has 3 nitrogen and oxygen atoms in total. The zero-order chi connectivity index (χ0) is 14.8. The van der Waals surface area contributed by atoms with Gasteiger partial charge in [-0.3, -0.25) is 4.79 Å². The number of allylic oxidation sites excluding steroid dienone is 1. The fourth-order valence-electron chi connectivity index (χ4n) is 2.53. The number of nitrogens with zero attached hydrogens (tertiary/aromatic N) is 2. The van der Waals surface area contributed by atoms with Crippen molar-refractivity contribution in [2.75, 3.05) is 0 Å². The minimum atomic E-state index is -0.950. The fraction of sp³-hybridized carbons (Fsp3) is 0.235. The molecule has 1 aromatic carbocycles. The van der Waals surface area contributed by atoms with E-state index >= 15 is 0 Å². The Morgan fingerprint density at radius 3 is 2.71 bits per heavy atom. The Morgan fingerprint density at radius 2 is 2.14 bits per heavy atom. The monoisotopic (exact) mass is 288 g/mol. The van der Waals surface area contributed by atoms with Crippen LogP contribution in [0.5, 0.6) is 0 Å². The van der Waals surface area contributed by atoms with Gasteiger partial charge in [-0.1, -0.05) is 38.1 Å². The van der Waals surface area contributed by atoms with Crippen LogP contribution < -0.4 is 29.6 Å². The van der Waals surface area contributed by atoms with Crippen LogP contribution in [0.2, 0.25) is 0 Å². The quantitative estimate of drug-likeness (QED) is 0.449. The number of carbonyl (C=O) groups is 1. The van der Waals surface area contributed by atoms with E-state index in [1.165, 1.54) is 11.0 Å². The zero-order valence-corrected chi connectivity index (χ0v) is 14.8.